The van der Waals surface area contributed by atoms with Gasteiger partial charge in [-0.05, 0) is 49.2 Å². The highest BCUT2D eigenvalue weighted by Gasteiger charge is 2.27. The average Bonchev–Trinajstić information content (AvgIpc) is 3.12. The molecule has 6 heteroatoms. The molecular weight excluding hydrogens is 412 g/mol. The van der Waals surface area contributed by atoms with Gasteiger partial charge in [0.05, 0.1) is 15.2 Å². The molecule has 0 aliphatic carbocycles. The van der Waals surface area contributed by atoms with E-state index in [4.69, 9.17) is 9.72 Å². The Labute approximate surface area is 164 Å². The van der Waals surface area contributed by atoms with Crippen LogP contribution in [0.25, 0.3) is 10.2 Å². The molecule has 0 N–H and O–H groups in total. The monoisotopic (exact) mass is 430 g/mol. The molecule has 0 radical (unpaired) electrons. The van der Waals surface area contributed by atoms with Crippen LogP contribution in [0.2, 0.25) is 0 Å². The van der Waals surface area contributed by atoms with Crippen LogP contribution in [0.1, 0.15) is 23.8 Å². The molecule has 0 saturated carbocycles. The minimum Gasteiger partial charge on any atom is -0.484 e. The number of para-hydroxylation sites is 1. The number of halogens is 1. The maximum atomic E-state index is 12.6. The molecule has 2 aromatic carbocycles. The molecule has 1 amide bonds. The third kappa shape index (κ3) is 3.91. The van der Waals surface area contributed by atoms with E-state index in [1.54, 1.807) is 11.3 Å². The molecule has 1 aromatic heterocycles. The van der Waals surface area contributed by atoms with Gasteiger partial charge in [-0.1, -0.05) is 28.1 Å². The molecule has 134 valence electrons. The third-order valence-electron chi connectivity index (χ3n) is 4.61. The summed E-state index contributed by atoms with van der Waals surface area (Å²) in [7, 11) is 0. The van der Waals surface area contributed by atoms with Gasteiger partial charge in [-0.3, -0.25) is 4.79 Å². The summed E-state index contributed by atoms with van der Waals surface area (Å²) in [6.07, 6.45) is 2.09. The van der Waals surface area contributed by atoms with Crippen LogP contribution in [-0.4, -0.2) is 35.5 Å². The number of amides is 1. The van der Waals surface area contributed by atoms with E-state index in [9.17, 15) is 4.79 Å². The Hall–Kier alpha value is -1.92. The maximum Gasteiger partial charge on any atom is 0.260 e. The number of fused-ring (bicyclic) bond motifs is 1. The van der Waals surface area contributed by atoms with Gasteiger partial charge in [-0.25, -0.2) is 4.98 Å². The number of carbonyl (C=O) groups excluding carboxylic acids is 1. The van der Waals surface area contributed by atoms with Crippen molar-refractivity contribution in [1.82, 2.24) is 9.88 Å². The second-order valence-electron chi connectivity index (χ2n) is 6.44. The van der Waals surface area contributed by atoms with Crippen LogP contribution < -0.4 is 4.74 Å². The first-order valence-corrected chi connectivity index (χ1v) is 10.3. The van der Waals surface area contributed by atoms with Crippen LogP contribution in [0.4, 0.5) is 0 Å². The Morgan fingerprint density at radius 2 is 2.04 bits per heavy atom. The summed E-state index contributed by atoms with van der Waals surface area (Å²) in [4.78, 5) is 19.3. The molecule has 0 spiro atoms. The van der Waals surface area contributed by atoms with Crippen LogP contribution in [0.3, 0.4) is 0 Å². The van der Waals surface area contributed by atoms with Crippen LogP contribution in [0, 0.1) is 0 Å². The quantitative estimate of drug-likeness (QED) is 0.594. The van der Waals surface area contributed by atoms with Crippen LogP contribution >= 0.6 is 27.3 Å². The molecule has 1 aliphatic heterocycles. The lowest BCUT2D eigenvalue weighted by Crippen LogP contribution is -2.41. The van der Waals surface area contributed by atoms with E-state index in [-0.39, 0.29) is 12.5 Å². The second kappa shape index (κ2) is 7.76. The second-order valence-corrected chi connectivity index (χ2v) is 8.42. The fourth-order valence-electron chi connectivity index (χ4n) is 3.24. The molecule has 1 unspecified atom stereocenters. The molecule has 1 atom stereocenters. The number of likely N-dealkylation sites (tertiary alicyclic amines) is 1. The van der Waals surface area contributed by atoms with E-state index in [2.05, 4.69) is 22.0 Å². The van der Waals surface area contributed by atoms with E-state index >= 15 is 0 Å². The number of rotatable bonds is 4. The summed E-state index contributed by atoms with van der Waals surface area (Å²) >= 11 is 5.14. The van der Waals surface area contributed by atoms with Gasteiger partial charge in [0.1, 0.15) is 5.75 Å². The third-order valence-corrected chi connectivity index (χ3v) is 6.34. The fourth-order valence-corrected chi connectivity index (χ4v) is 4.59. The number of hydrogen-bond donors (Lipinski definition) is 0. The predicted molar refractivity (Wildman–Crippen MR) is 108 cm³/mol. The lowest BCUT2D eigenvalue weighted by Gasteiger charge is -2.31. The highest BCUT2D eigenvalue weighted by Crippen LogP contribution is 2.33. The van der Waals surface area contributed by atoms with Crippen molar-refractivity contribution >= 4 is 43.4 Å². The molecule has 2 heterocycles. The van der Waals surface area contributed by atoms with Gasteiger partial charge in [0.15, 0.2) is 6.61 Å². The van der Waals surface area contributed by atoms with Crippen molar-refractivity contribution in [3.63, 3.8) is 0 Å². The zero-order valence-corrected chi connectivity index (χ0v) is 16.6. The molecule has 1 aliphatic rings. The van der Waals surface area contributed by atoms with E-state index in [1.807, 2.05) is 47.4 Å². The summed E-state index contributed by atoms with van der Waals surface area (Å²) in [5.74, 6) is 1.07. The Morgan fingerprint density at radius 1 is 1.23 bits per heavy atom. The Balaban J connectivity index is 1.39. The van der Waals surface area contributed by atoms with Crippen molar-refractivity contribution in [1.29, 1.82) is 0 Å². The van der Waals surface area contributed by atoms with E-state index in [0.717, 1.165) is 40.9 Å². The first kappa shape index (κ1) is 17.5. The van der Waals surface area contributed by atoms with Gasteiger partial charge in [-0.15, -0.1) is 11.3 Å². The van der Waals surface area contributed by atoms with Gasteiger partial charge in [-0.2, -0.15) is 0 Å². The van der Waals surface area contributed by atoms with Crippen molar-refractivity contribution in [3.05, 3.63) is 58.0 Å². The van der Waals surface area contributed by atoms with Gasteiger partial charge >= 0.3 is 0 Å². The van der Waals surface area contributed by atoms with Crippen LogP contribution in [-0.2, 0) is 4.79 Å². The van der Waals surface area contributed by atoms with Crippen LogP contribution in [0.5, 0.6) is 5.75 Å². The van der Waals surface area contributed by atoms with Crippen molar-refractivity contribution < 1.29 is 9.53 Å². The molecule has 0 bridgehead atoms. The lowest BCUT2D eigenvalue weighted by molar-refractivity contribution is -0.134. The summed E-state index contributed by atoms with van der Waals surface area (Å²) in [5, 5.41) is 1.14. The maximum absolute atomic E-state index is 12.6. The number of ether oxygens (including phenoxy) is 1. The van der Waals surface area contributed by atoms with Crippen LogP contribution in [0.15, 0.2) is 53.0 Å². The number of hydrogen-bond acceptors (Lipinski definition) is 4. The average molecular weight is 431 g/mol. The molecule has 4 nitrogen and oxygen atoms in total. The Kier molecular flexibility index (Phi) is 5.22. The Morgan fingerprint density at radius 3 is 2.85 bits per heavy atom. The number of nitrogens with zero attached hydrogens (tertiary/aromatic N) is 2. The summed E-state index contributed by atoms with van der Waals surface area (Å²) < 4.78 is 7.84. The molecule has 1 fully saturated rings. The topological polar surface area (TPSA) is 42.4 Å². The molecule has 1 saturated heterocycles. The lowest BCUT2D eigenvalue weighted by atomic mass is 9.99. The van der Waals surface area contributed by atoms with Crippen molar-refractivity contribution in [2.24, 2.45) is 0 Å². The number of aromatic nitrogens is 1. The van der Waals surface area contributed by atoms with E-state index in [1.165, 1.54) is 4.70 Å². The number of carbonyl (C=O) groups is 1. The van der Waals surface area contributed by atoms with E-state index < -0.39 is 0 Å². The summed E-state index contributed by atoms with van der Waals surface area (Å²) in [6, 6.07) is 15.7. The molecule has 4 rings (SSSR count). The molecular formula is C20H19BrN2O2S. The zero-order valence-electron chi connectivity index (χ0n) is 14.2. The van der Waals surface area contributed by atoms with Crippen molar-refractivity contribution in [2.45, 2.75) is 18.8 Å². The minimum atomic E-state index is 0.0405. The van der Waals surface area contributed by atoms with E-state index in [0.29, 0.717) is 11.7 Å². The van der Waals surface area contributed by atoms with Gasteiger partial charge in [0.25, 0.3) is 5.91 Å². The normalized spacial score (nSPS) is 17.4. The van der Waals surface area contributed by atoms with Gasteiger partial charge in [0.2, 0.25) is 0 Å². The largest absolute Gasteiger partial charge is 0.484 e. The number of piperidine rings is 1. The Bertz CT molecular complexity index is 877. The summed E-state index contributed by atoms with van der Waals surface area (Å²) in [6.45, 7) is 1.60. The van der Waals surface area contributed by atoms with Gasteiger partial charge < -0.3 is 9.64 Å². The SMILES string of the molecule is O=C(COc1ccc(Br)cc1)N1CCCC(c2nc3ccccc3s2)C1. The molecule has 3 aromatic rings. The predicted octanol–water partition coefficient (Wildman–Crippen LogP) is 4.84. The van der Waals surface area contributed by atoms with Gasteiger partial charge in [0, 0.05) is 23.5 Å². The summed E-state index contributed by atoms with van der Waals surface area (Å²) in [5.41, 5.74) is 1.05. The standard InChI is InChI=1S/C20H19BrN2O2S/c21-15-7-9-16(10-8-15)25-13-19(24)23-11-3-4-14(12-23)20-22-17-5-1-2-6-18(17)26-20/h1-2,5-10,14H,3-4,11-13H2. The zero-order chi connectivity index (χ0) is 17.9. The highest BCUT2D eigenvalue weighted by atomic mass is 79.9. The number of thiazole rings is 1. The van der Waals surface area contributed by atoms with Crippen molar-refractivity contribution in [3.8, 4) is 5.75 Å². The smallest absolute Gasteiger partial charge is 0.260 e. The first-order chi connectivity index (χ1) is 12.7. The molecule has 26 heavy (non-hydrogen) atoms. The highest BCUT2D eigenvalue weighted by molar-refractivity contribution is 9.10. The number of benzene rings is 2. The first-order valence-electron chi connectivity index (χ1n) is 8.70. The van der Waals surface area contributed by atoms with Crippen molar-refractivity contribution in [2.75, 3.05) is 19.7 Å². The fraction of sp³-hybridized carbons (Fsp3) is 0.300. The minimum absolute atomic E-state index is 0.0405.